The van der Waals surface area contributed by atoms with E-state index in [0.717, 1.165) is 31.7 Å². The van der Waals surface area contributed by atoms with Gasteiger partial charge in [-0.1, -0.05) is 5.16 Å². The summed E-state index contributed by atoms with van der Waals surface area (Å²) in [5.41, 5.74) is 1.22. The molecule has 1 atom stereocenters. The van der Waals surface area contributed by atoms with Crippen LogP contribution in [0.3, 0.4) is 0 Å². The molecule has 2 fully saturated rings. The number of rotatable bonds is 3. The first-order valence-electron chi connectivity index (χ1n) is 7.74. The molecule has 2 aromatic rings. The zero-order chi connectivity index (χ0) is 15.0. The average molecular weight is 302 g/mol. The van der Waals surface area contributed by atoms with Crippen molar-refractivity contribution in [1.29, 1.82) is 0 Å². The Balaban J connectivity index is 1.43. The molecule has 116 valence electrons. The number of aromatic nitrogens is 2. The summed E-state index contributed by atoms with van der Waals surface area (Å²) in [6.45, 7) is 5.11. The normalized spacial score (nSPS) is 25.3. The van der Waals surface area contributed by atoms with Gasteiger partial charge < -0.3 is 9.84 Å². The zero-order valence-corrected chi connectivity index (χ0v) is 12.4. The van der Waals surface area contributed by atoms with Crippen LogP contribution in [0, 0.1) is 11.2 Å². The van der Waals surface area contributed by atoms with E-state index < -0.39 is 0 Å². The Morgan fingerprint density at radius 2 is 2.14 bits per heavy atom. The van der Waals surface area contributed by atoms with Crippen molar-refractivity contribution in [2.24, 2.45) is 5.41 Å². The van der Waals surface area contributed by atoms with Crippen molar-refractivity contribution in [3.8, 4) is 11.4 Å². The third kappa shape index (κ3) is 2.64. The molecule has 0 amide bonds. The summed E-state index contributed by atoms with van der Waals surface area (Å²) in [5, 5.41) is 7.46. The second-order valence-corrected chi connectivity index (χ2v) is 6.41. The van der Waals surface area contributed by atoms with E-state index in [-0.39, 0.29) is 5.82 Å². The number of hydrogen-bond donors (Lipinski definition) is 1. The molecule has 22 heavy (non-hydrogen) atoms. The minimum atomic E-state index is -0.264. The summed E-state index contributed by atoms with van der Waals surface area (Å²) in [5.74, 6) is 0.883. The molecule has 0 radical (unpaired) electrons. The lowest BCUT2D eigenvalue weighted by molar-refractivity contribution is 0.236. The standard InChI is InChI=1S/C16H19FN4O/c17-13-3-1-12(2-4-13)15-19-14(22-20-15)9-21-8-6-16(11-21)5-7-18-10-16/h1-4,18H,5-11H2. The Morgan fingerprint density at radius 3 is 2.91 bits per heavy atom. The maximum atomic E-state index is 12.9. The summed E-state index contributed by atoms with van der Waals surface area (Å²) in [6.07, 6.45) is 2.49. The highest BCUT2D eigenvalue weighted by molar-refractivity contribution is 5.53. The summed E-state index contributed by atoms with van der Waals surface area (Å²) >= 11 is 0. The van der Waals surface area contributed by atoms with Gasteiger partial charge in [0.05, 0.1) is 6.54 Å². The number of likely N-dealkylation sites (tertiary alicyclic amines) is 1. The molecule has 1 N–H and O–H groups in total. The van der Waals surface area contributed by atoms with Gasteiger partial charge >= 0.3 is 0 Å². The van der Waals surface area contributed by atoms with Gasteiger partial charge in [-0.15, -0.1) is 0 Å². The third-order valence-electron chi connectivity index (χ3n) is 4.78. The molecule has 4 rings (SSSR count). The van der Waals surface area contributed by atoms with Crippen LogP contribution in [0.5, 0.6) is 0 Å². The van der Waals surface area contributed by atoms with E-state index in [0.29, 0.717) is 23.7 Å². The largest absolute Gasteiger partial charge is 0.338 e. The van der Waals surface area contributed by atoms with Gasteiger partial charge in [0.25, 0.3) is 0 Å². The van der Waals surface area contributed by atoms with E-state index in [1.807, 2.05) is 0 Å². The molecular formula is C16H19FN4O. The topological polar surface area (TPSA) is 54.2 Å². The molecule has 6 heteroatoms. The molecule has 1 unspecified atom stereocenters. The molecule has 2 saturated heterocycles. The Bertz CT molecular complexity index is 648. The van der Waals surface area contributed by atoms with Crippen LogP contribution in [0.15, 0.2) is 28.8 Å². The maximum Gasteiger partial charge on any atom is 0.241 e. The minimum absolute atomic E-state index is 0.264. The second-order valence-electron chi connectivity index (χ2n) is 6.41. The fraction of sp³-hybridized carbons (Fsp3) is 0.500. The zero-order valence-electron chi connectivity index (χ0n) is 12.4. The summed E-state index contributed by atoms with van der Waals surface area (Å²) in [4.78, 5) is 6.82. The number of nitrogens with zero attached hydrogens (tertiary/aromatic N) is 3. The van der Waals surface area contributed by atoms with Gasteiger partial charge in [0.1, 0.15) is 5.82 Å². The second kappa shape index (κ2) is 5.44. The summed E-state index contributed by atoms with van der Waals surface area (Å²) in [7, 11) is 0. The molecule has 3 heterocycles. The molecule has 1 spiro atoms. The fourth-order valence-corrected chi connectivity index (χ4v) is 3.53. The molecule has 5 nitrogen and oxygen atoms in total. The lowest BCUT2D eigenvalue weighted by Crippen LogP contribution is -2.29. The van der Waals surface area contributed by atoms with Crippen LogP contribution >= 0.6 is 0 Å². The Kier molecular flexibility index (Phi) is 3.43. The first-order chi connectivity index (χ1) is 10.7. The fourth-order valence-electron chi connectivity index (χ4n) is 3.53. The van der Waals surface area contributed by atoms with Gasteiger partial charge in [0, 0.05) is 18.7 Å². The van der Waals surface area contributed by atoms with Gasteiger partial charge in [0.2, 0.25) is 11.7 Å². The molecule has 0 bridgehead atoms. The smallest absolute Gasteiger partial charge is 0.241 e. The predicted molar refractivity (Wildman–Crippen MR) is 79.5 cm³/mol. The van der Waals surface area contributed by atoms with E-state index in [4.69, 9.17) is 4.52 Å². The van der Waals surface area contributed by atoms with Crippen LogP contribution in [0.1, 0.15) is 18.7 Å². The van der Waals surface area contributed by atoms with Crippen molar-refractivity contribution in [2.45, 2.75) is 19.4 Å². The number of nitrogens with one attached hydrogen (secondary N) is 1. The Labute approximate surface area is 128 Å². The van der Waals surface area contributed by atoms with Crippen LogP contribution in [0.25, 0.3) is 11.4 Å². The van der Waals surface area contributed by atoms with Crippen molar-refractivity contribution in [3.63, 3.8) is 0 Å². The SMILES string of the molecule is Fc1ccc(-c2noc(CN3CCC4(CCNC4)C3)n2)cc1. The van der Waals surface area contributed by atoms with Crippen LogP contribution in [0.4, 0.5) is 4.39 Å². The van der Waals surface area contributed by atoms with Crippen molar-refractivity contribution in [1.82, 2.24) is 20.4 Å². The lowest BCUT2D eigenvalue weighted by Gasteiger charge is -2.21. The first kappa shape index (κ1) is 13.8. The van der Waals surface area contributed by atoms with E-state index in [1.54, 1.807) is 12.1 Å². The highest BCUT2D eigenvalue weighted by atomic mass is 19.1. The summed E-state index contributed by atoms with van der Waals surface area (Å²) < 4.78 is 18.3. The van der Waals surface area contributed by atoms with Gasteiger partial charge in [-0.25, -0.2) is 4.39 Å². The van der Waals surface area contributed by atoms with Crippen LogP contribution < -0.4 is 5.32 Å². The van der Waals surface area contributed by atoms with Crippen LogP contribution in [-0.2, 0) is 6.54 Å². The molecular weight excluding hydrogens is 283 g/mol. The molecule has 1 aromatic carbocycles. The van der Waals surface area contributed by atoms with E-state index >= 15 is 0 Å². The number of benzene rings is 1. The third-order valence-corrected chi connectivity index (χ3v) is 4.78. The van der Waals surface area contributed by atoms with Crippen molar-refractivity contribution in [2.75, 3.05) is 26.2 Å². The van der Waals surface area contributed by atoms with Gasteiger partial charge in [-0.3, -0.25) is 4.90 Å². The molecule has 0 aliphatic carbocycles. The number of halogens is 1. The molecule has 0 saturated carbocycles. The first-order valence-corrected chi connectivity index (χ1v) is 7.74. The van der Waals surface area contributed by atoms with Gasteiger partial charge in [-0.05, 0) is 55.6 Å². The lowest BCUT2D eigenvalue weighted by atomic mass is 9.87. The van der Waals surface area contributed by atoms with E-state index in [1.165, 1.54) is 25.0 Å². The minimum Gasteiger partial charge on any atom is -0.338 e. The van der Waals surface area contributed by atoms with Crippen molar-refractivity contribution in [3.05, 3.63) is 36.0 Å². The van der Waals surface area contributed by atoms with E-state index in [2.05, 4.69) is 20.4 Å². The van der Waals surface area contributed by atoms with Crippen LogP contribution in [-0.4, -0.2) is 41.2 Å². The average Bonchev–Trinajstić information content (AvgIpc) is 3.24. The van der Waals surface area contributed by atoms with Crippen molar-refractivity contribution >= 4 is 0 Å². The van der Waals surface area contributed by atoms with Gasteiger partial charge in [-0.2, -0.15) is 4.98 Å². The van der Waals surface area contributed by atoms with E-state index in [9.17, 15) is 4.39 Å². The Hall–Kier alpha value is -1.79. The van der Waals surface area contributed by atoms with Crippen molar-refractivity contribution < 1.29 is 8.91 Å². The monoisotopic (exact) mass is 302 g/mol. The molecule has 1 aromatic heterocycles. The maximum absolute atomic E-state index is 12.9. The number of hydrogen-bond acceptors (Lipinski definition) is 5. The quantitative estimate of drug-likeness (QED) is 0.940. The van der Waals surface area contributed by atoms with Gasteiger partial charge in [0.15, 0.2) is 0 Å². The highest BCUT2D eigenvalue weighted by Crippen LogP contribution is 2.36. The Morgan fingerprint density at radius 1 is 1.27 bits per heavy atom. The molecule has 2 aliphatic heterocycles. The van der Waals surface area contributed by atoms with Crippen LogP contribution in [0.2, 0.25) is 0 Å². The predicted octanol–water partition coefficient (Wildman–Crippen LogP) is 2.06. The highest BCUT2D eigenvalue weighted by Gasteiger charge is 2.40. The molecule has 2 aliphatic rings. The summed E-state index contributed by atoms with van der Waals surface area (Å²) in [6, 6.07) is 6.14.